The van der Waals surface area contributed by atoms with Gasteiger partial charge in [-0.1, -0.05) is 32.9 Å². The van der Waals surface area contributed by atoms with Crippen LogP contribution in [0.15, 0.2) is 29.4 Å². The molecule has 1 aromatic rings. The molecule has 1 aromatic carbocycles. The Balaban J connectivity index is 1.90. The van der Waals surface area contributed by atoms with Crippen LogP contribution < -0.4 is 10.2 Å². The van der Waals surface area contributed by atoms with Crippen LogP contribution in [0.1, 0.15) is 40.0 Å². The summed E-state index contributed by atoms with van der Waals surface area (Å²) in [5.74, 6) is 0.169. The number of hydrazone groups is 1. The number of benzene rings is 1. The van der Waals surface area contributed by atoms with E-state index >= 15 is 0 Å². The molecule has 1 fully saturated rings. The standard InChI is InChI=1S/C17H23N3O4/c1-12-8-13(10-17(2,3)9-12)18-19-16(21)11-24-15-7-5-4-6-14(15)20(22)23/h4-7,12H,8-11H2,1-3H3,(H,19,21)/b18-13-/t12-/m0/s1. The Hall–Kier alpha value is -2.44. The van der Waals surface area contributed by atoms with Crippen molar-refractivity contribution in [2.24, 2.45) is 16.4 Å². The molecule has 0 saturated heterocycles. The van der Waals surface area contributed by atoms with Crippen molar-refractivity contribution < 1.29 is 14.5 Å². The van der Waals surface area contributed by atoms with Gasteiger partial charge in [-0.25, -0.2) is 5.43 Å². The molecule has 0 aliphatic heterocycles. The molecule has 0 heterocycles. The first-order valence-corrected chi connectivity index (χ1v) is 7.97. The van der Waals surface area contributed by atoms with E-state index in [4.69, 9.17) is 4.74 Å². The summed E-state index contributed by atoms with van der Waals surface area (Å²) in [7, 11) is 0. The number of para-hydroxylation sites is 2. The summed E-state index contributed by atoms with van der Waals surface area (Å²) in [5.41, 5.74) is 3.47. The highest BCUT2D eigenvalue weighted by Gasteiger charge is 2.29. The van der Waals surface area contributed by atoms with Crippen LogP contribution >= 0.6 is 0 Å². The number of carbonyl (C=O) groups is 1. The van der Waals surface area contributed by atoms with Crippen LogP contribution in [0.3, 0.4) is 0 Å². The maximum absolute atomic E-state index is 11.9. The maximum atomic E-state index is 11.9. The zero-order valence-corrected chi connectivity index (χ0v) is 14.2. The van der Waals surface area contributed by atoms with E-state index in [9.17, 15) is 14.9 Å². The molecule has 2 rings (SSSR count). The minimum Gasteiger partial charge on any atom is -0.477 e. The molecule has 1 aliphatic carbocycles. The molecule has 0 unspecified atom stereocenters. The van der Waals surface area contributed by atoms with E-state index in [2.05, 4.69) is 31.3 Å². The third kappa shape index (κ3) is 5.04. The van der Waals surface area contributed by atoms with Crippen molar-refractivity contribution in [3.05, 3.63) is 34.4 Å². The Morgan fingerprint density at radius 2 is 2.17 bits per heavy atom. The first-order valence-electron chi connectivity index (χ1n) is 7.97. The molecule has 1 amide bonds. The summed E-state index contributed by atoms with van der Waals surface area (Å²) in [5, 5.41) is 15.1. The van der Waals surface area contributed by atoms with Gasteiger partial charge < -0.3 is 4.74 Å². The van der Waals surface area contributed by atoms with Crippen molar-refractivity contribution in [2.75, 3.05) is 6.61 Å². The molecule has 7 nitrogen and oxygen atoms in total. The Bertz CT molecular complexity index is 655. The average molecular weight is 333 g/mol. The highest BCUT2D eigenvalue weighted by Crippen LogP contribution is 2.36. The van der Waals surface area contributed by atoms with Gasteiger partial charge in [-0.2, -0.15) is 5.10 Å². The Morgan fingerprint density at radius 3 is 2.83 bits per heavy atom. The minimum atomic E-state index is -0.543. The van der Waals surface area contributed by atoms with Gasteiger partial charge in [0.15, 0.2) is 12.4 Å². The zero-order valence-electron chi connectivity index (χ0n) is 14.2. The highest BCUT2D eigenvalue weighted by atomic mass is 16.6. The predicted octanol–water partition coefficient (Wildman–Crippen LogP) is 3.29. The highest BCUT2D eigenvalue weighted by molar-refractivity contribution is 5.87. The first-order chi connectivity index (χ1) is 11.3. The second-order valence-corrected chi connectivity index (χ2v) is 7.08. The van der Waals surface area contributed by atoms with Gasteiger partial charge in [-0.15, -0.1) is 0 Å². The molecule has 7 heteroatoms. The summed E-state index contributed by atoms with van der Waals surface area (Å²) in [6.45, 7) is 6.24. The second-order valence-electron chi connectivity index (χ2n) is 7.08. The lowest BCUT2D eigenvalue weighted by Crippen LogP contribution is -2.31. The molecule has 1 N–H and O–H groups in total. The van der Waals surface area contributed by atoms with Gasteiger partial charge in [-0.05, 0) is 36.7 Å². The maximum Gasteiger partial charge on any atom is 0.310 e. The minimum absolute atomic E-state index is 0.0673. The van der Waals surface area contributed by atoms with Crippen molar-refractivity contribution in [3.63, 3.8) is 0 Å². The molecule has 1 atom stereocenters. The van der Waals surface area contributed by atoms with Crippen LogP contribution in [0.4, 0.5) is 5.69 Å². The monoisotopic (exact) mass is 333 g/mol. The van der Waals surface area contributed by atoms with Gasteiger partial charge in [0.05, 0.1) is 4.92 Å². The largest absolute Gasteiger partial charge is 0.477 e. The summed E-state index contributed by atoms with van der Waals surface area (Å²) in [4.78, 5) is 22.2. The lowest BCUT2D eigenvalue weighted by atomic mass is 9.72. The van der Waals surface area contributed by atoms with Crippen LogP contribution in [0, 0.1) is 21.4 Å². The topological polar surface area (TPSA) is 93.8 Å². The molecule has 0 radical (unpaired) electrons. The number of rotatable bonds is 5. The predicted molar refractivity (Wildman–Crippen MR) is 91.0 cm³/mol. The number of nitrogens with zero attached hydrogens (tertiary/aromatic N) is 2. The van der Waals surface area contributed by atoms with E-state index in [0.717, 1.165) is 25.0 Å². The van der Waals surface area contributed by atoms with E-state index in [-0.39, 0.29) is 23.5 Å². The fraction of sp³-hybridized carbons (Fsp3) is 0.529. The van der Waals surface area contributed by atoms with E-state index in [1.54, 1.807) is 12.1 Å². The molecular formula is C17H23N3O4. The van der Waals surface area contributed by atoms with Crippen LogP contribution in [0.25, 0.3) is 0 Å². The van der Waals surface area contributed by atoms with Crippen LogP contribution in [-0.2, 0) is 4.79 Å². The quantitative estimate of drug-likeness (QED) is 0.661. The lowest BCUT2D eigenvalue weighted by molar-refractivity contribution is -0.385. The summed E-state index contributed by atoms with van der Waals surface area (Å²) < 4.78 is 5.24. The van der Waals surface area contributed by atoms with Gasteiger partial charge in [-0.3, -0.25) is 14.9 Å². The van der Waals surface area contributed by atoms with Gasteiger partial charge in [0.25, 0.3) is 5.91 Å². The lowest BCUT2D eigenvalue weighted by Gasteiger charge is -2.34. The number of amides is 1. The van der Waals surface area contributed by atoms with Crippen molar-refractivity contribution >= 4 is 17.3 Å². The van der Waals surface area contributed by atoms with Crippen LogP contribution in [-0.4, -0.2) is 23.1 Å². The second kappa shape index (κ2) is 7.42. The fourth-order valence-electron chi connectivity index (χ4n) is 3.25. The average Bonchev–Trinajstić information content (AvgIpc) is 2.49. The molecule has 130 valence electrons. The zero-order chi connectivity index (χ0) is 17.7. The summed E-state index contributed by atoms with van der Waals surface area (Å²) in [6, 6.07) is 5.95. The van der Waals surface area contributed by atoms with Crippen molar-refractivity contribution in [3.8, 4) is 5.75 Å². The summed E-state index contributed by atoms with van der Waals surface area (Å²) in [6.07, 6.45) is 2.86. The fourth-order valence-corrected chi connectivity index (χ4v) is 3.25. The molecular weight excluding hydrogens is 310 g/mol. The van der Waals surface area contributed by atoms with Gasteiger partial charge in [0.1, 0.15) is 0 Å². The Kier molecular flexibility index (Phi) is 5.54. The number of nitro benzene ring substituents is 1. The van der Waals surface area contributed by atoms with E-state index < -0.39 is 10.8 Å². The number of ether oxygens (including phenoxy) is 1. The number of hydrogen-bond acceptors (Lipinski definition) is 5. The number of nitrogens with one attached hydrogen (secondary N) is 1. The SMILES string of the molecule is C[C@H]1C/C(=N/NC(=O)COc2ccccc2[N+](=O)[O-])CC(C)(C)C1. The van der Waals surface area contributed by atoms with Crippen LogP contribution in [0.5, 0.6) is 5.75 Å². The smallest absolute Gasteiger partial charge is 0.310 e. The molecule has 0 spiro atoms. The van der Waals surface area contributed by atoms with E-state index in [1.807, 2.05) is 0 Å². The normalized spacial score (nSPS) is 21.3. The molecule has 1 aliphatic rings. The summed E-state index contributed by atoms with van der Waals surface area (Å²) >= 11 is 0. The molecule has 24 heavy (non-hydrogen) atoms. The van der Waals surface area contributed by atoms with Crippen molar-refractivity contribution in [1.82, 2.24) is 5.43 Å². The van der Waals surface area contributed by atoms with Crippen molar-refractivity contribution in [1.29, 1.82) is 0 Å². The molecule has 1 saturated carbocycles. The third-order valence-electron chi connectivity index (χ3n) is 3.93. The number of carbonyl (C=O) groups excluding carboxylic acids is 1. The van der Waals surface area contributed by atoms with E-state index in [1.165, 1.54) is 12.1 Å². The van der Waals surface area contributed by atoms with Gasteiger partial charge in [0.2, 0.25) is 0 Å². The van der Waals surface area contributed by atoms with Crippen molar-refractivity contribution in [2.45, 2.75) is 40.0 Å². The van der Waals surface area contributed by atoms with E-state index in [0.29, 0.717) is 5.92 Å². The van der Waals surface area contributed by atoms with Gasteiger partial charge in [0, 0.05) is 11.8 Å². The molecule has 0 aromatic heterocycles. The molecule has 0 bridgehead atoms. The van der Waals surface area contributed by atoms with Gasteiger partial charge >= 0.3 is 5.69 Å². The Morgan fingerprint density at radius 1 is 1.46 bits per heavy atom. The van der Waals surface area contributed by atoms with Crippen LogP contribution in [0.2, 0.25) is 0 Å². The Labute approximate surface area is 141 Å². The number of nitro groups is 1. The number of hydrogen-bond donors (Lipinski definition) is 1. The third-order valence-corrected chi connectivity index (χ3v) is 3.93. The first kappa shape index (κ1) is 17.9.